The number of aromatic nitrogens is 1. The van der Waals surface area contributed by atoms with E-state index in [4.69, 9.17) is 11.6 Å². The second-order valence-corrected chi connectivity index (χ2v) is 6.43. The summed E-state index contributed by atoms with van der Waals surface area (Å²) in [5.41, 5.74) is 2.13. The molecule has 0 aliphatic heterocycles. The Balaban J connectivity index is 1.54. The van der Waals surface area contributed by atoms with Crippen molar-refractivity contribution in [2.75, 3.05) is 6.54 Å². The number of thiophene rings is 1. The summed E-state index contributed by atoms with van der Waals surface area (Å²) >= 11 is 7.56. The molecule has 3 rings (SSSR count). The van der Waals surface area contributed by atoms with Crippen LogP contribution in [0.1, 0.15) is 10.6 Å². The molecule has 4 heteroatoms. The highest BCUT2D eigenvalue weighted by Crippen LogP contribution is 2.21. The maximum atomic E-state index is 5.91. The normalized spacial score (nSPS) is 11.1. The van der Waals surface area contributed by atoms with Crippen molar-refractivity contribution < 1.29 is 0 Å². The number of pyridine rings is 1. The van der Waals surface area contributed by atoms with Gasteiger partial charge in [0.05, 0.1) is 15.5 Å². The van der Waals surface area contributed by atoms with Gasteiger partial charge in [0.1, 0.15) is 0 Å². The molecule has 2 heterocycles. The van der Waals surface area contributed by atoms with Gasteiger partial charge in [-0.05, 0) is 30.7 Å². The van der Waals surface area contributed by atoms with Gasteiger partial charge in [0.2, 0.25) is 0 Å². The molecule has 1 aromatic carbocycles. The van der Waals surface area contributed by atoms with E-state index in [2.05, 4.69) is 34.6 Å². The Hall–Kier alpha value is -1.42. The lowest BCUT2D eigenvalue weighted by Crippen LogP contribution is -2.17. The second kappa shape index (κ2) is 6.35. The van der Waals surface area contributed by atoms with Crippen LogP contribution in [0.5, 0.6) is 0 Å². The summed E-state index contributed by atoms with van der Waals surface area (Å²) in [6, 6.07) is 16.4. The molecular weight excluding hydrogens is 288 g/mol. The molecule has 0 saturated heterocycles. The largest absolute Gasteiger partial charge is 0.311 e. The zero-order valence-corrected chi connectivity index (χ0v) is 12.5. The zero-order valence-electron chi connectivity index (χ0n) is 11.0. The molecule has 1 N–H and O–H groups in total. The van der Waals surface area contributed by atoms with Crippen LogP contribution in [-0.4, -0.2) is 11.5 Å². The minimum atomic E-state index is 0.796. The number of nitrogens with zero attached hydrogens (tertiary/aromatic N) is 1. The molecule has 0 saturated carbocycles. The lowest BCUT2D eigenvalue weighted by Gasteiger charge is -2.05. The SMILES string of the molecule is Clc1ccc(CCNCc2ccc3ccccc3n2)s1. The predicted molar refractivity (Wildman–Crippen MR) is 86.5 cm³/mol. The van der Waals surface area contributed by atoms with Crippen molar-refractivity contribution in [1.29, 1.82) is 0 Å². The number of benzene rings is 1. The van der Waals surface area contributed by atoms with Crippen LogP contribution in [-0.2, 0) is 13.0 Å². The lowest BCUT2D eigenvalue weighted by molar-refractivity contribution is 0.680. The van der Waals surface area contributed by atoms with E-state index < -0.39 is 0 Å². The highest BCUT2D eigenvalue weighted by Gasteiger charge is 2.00. The third-order valence-electron chi connectivity index (χ3n) is 3.14. The van der Waals surface area contributed by atoms with Crippen LogP contribution in [0.15, 0.2) is 48.5 Å². The third-order valence-corrected chi connectivity index (χ3v) is 4.43. The van der Waals surface area contributed by atoms with Crippen molar-refractivity contribution >= 4 is 33.8 Å². The maximum Gasteiger partial charge on any atom is 0.0931 e. The van der Waals surface area contributed by atoms with E-state index in [1.54, 1.807) is 11.3 Å². The summed E-state index contributed by atoms with van der Waals surface area (Å²) in [7, 11) is 0. The van der Waals surface area contributed by atoms with Crippen LogP contribution in [0.25, 0.3) is 10.9 Å². The van der Waals surface area contributed by atoms with Gasteiger partial charge in [-0.3, -0.25) is 4.98 Å². The molecule has 0 atom stereocenters. The first-order valence-electron chi connectivity index (χ1n) is 6.61. The second-order valence-electron chi connectivity index (χ2n) is 4.63. The quantitative estimate of drug-likeness (QED) is 0.712. The van der Waals surface area contributed by atoms with Gasteiger partial charge in [-0.2, -0.15) is 0 Å². The van der Waals surface area contributed by atoms with Gasteiger partial charge < -0.3 is 5.32 Å². The average molecular weight is 303 g/mol. The fourth-order valence-corrected chi connectivity index (χ4v) is 3.21. The zero-order chi connectivity index (χ0) is 13.8. The molecule has 3 aromatic rings. The molecule has 20 heavy (non-hydrogen) atoms. The fourth-order valence-electron chi connectivity index (χ4n) is 2.12. The molecule has 0 amide bonds. The highest BCUT2D eigenvalue weighted by atomic mass is 35.5. The monoisotopic (exact) mass is 302 g/mol. The predicted octanol–water partition coefficient (Wildman–Crippen LogP) is 4.28. The number of fused-ring (bicyclic) bond motifs is 1. The van der Waals surface area contributed by atoms with Crippen LogP contribution in [0.3, 0.4) is 0 Å². The Morgan fingerprint density at radius 1 is 1.05 bits per heavy atom. The van der Waals surface area contributed by atoms with E-state index in [0.29, 0.717) is 0 Å². The standard InChI is InChI=1S/C16H15ClN2S/c17-16-8-7-14(20-16)9-10-18-11-13-6-5-12-3-1-2-4-15(12)19-13/h1-8,18H,9-11H2. The van der Waals surface area contributed by atoms with E-state index in [-0.39, 0.29) is 0 Å². The number of para-hydroxylation sites is 1. The molecular formula is C16H15ClN2S. The Morgan fingerprint density at radius 3 is 2.80 bits per heavy atom. The van der Waals surface area contributed by atoms with Crippen LogP contribution in [0, 0.1) is 0 Å². The summed E-state index contributed by atoms with van der Waals surface area (Å²) in [4.78, 5) is 5.96. The van der Waals surface area contributed by atoms with Crippen molar-refractivity contribution in [3.05, 3.63) is 63.4 Å². The first-order valence-corrected chi connectivity index (χ1v) is 7.80. The number of hydrogen-bond acceptors (Lipinski definition) is 3. The number of halogens is 1. The molecule has 0 bridgehead atoms. The summed E-state index contributed by atoms with van der Waals surface area (Å²) < 4.78 is 0.858. The summed E-state index contributed by atoms with van der Waals surface area (Å²) in [6.07, 6.45) is 1.00. The van der Waals surface area contributed by atoms with Gasteiger partial charge in [-0.25, -0.2) is 0 Å². The van der Waals surface area contributed by atoms with Crippen molar-refractivity contribution in [3.8, 4) is 0 Å². The van der Waals surface area contributed by atoms with E-state index >= 15 is 0 Å². The highest BCUT2D eigenvalue weighted by molar-refractivity contribution is 7.16. The Labute approximate surface area is 127 Å². The van der Waals surface area contributed by atoms with Gasteiger partial charge in [-0.1, -0.05) is 35.9 Å². The topological polar surface area (TPSA) is 24.9 Å². The summed E-state index contributed by atoms with van der Waals surface area (Å²) in [5.74, 6) is 0. The van der Waals surface area contributed by atoms with Gasteiger partial charge in [0.25, 0.3) is 0 Å². The number of rotatable bonds is 5. The Morgan fingerprint density at radius 2 is 1.95 bits per heavy atom. The maximum absolute atomic E-state index is 5.91. The first kappa shape index (κ1) is 13.6. The van der Waals surface area contributed by atoms with Crippen molar-refractivity contribution in [2.24, 2.45) is 0 Å². The summed E-state index contributed by atoms with van der Waals surface area (Å²) in [5, 5.41) is 4.61. The van der Waals surface area contributed by atoms with Crippen molar-refractivity contribution in [3.63, 3.8) is 0 Å². The van der Waals surface area contributed by atoms with E-state index in [0.717, 1.165) is 35.1 Å². The number of hydrogen-bond donors (Lipinski definition) is 1. The average Bonchev–Trinajstić information content (AvgIpc) is 2.89. The fraction of sp³-hybridized carbons (Fsp3) is 0.188. The van der Waals surface area contributed by atoms with Gasteiger partial charge >= 0.3 is 0 Å². The van der Waals surface area contributed by atoms with Crippen LogP contribution >= 0.6 is 22.9 Å². The van der Waals surface area contributed by atoms with E-state index in [1.807, 2.05) is 24.3 Å². The number of nitrogens with one attached hydrogen (secondary N) is 1. The Bertz CT molecular complexity index is 708. The smallest absolute Gasteiger partial charge is 0.0931 e. The lowest BCUT2D eigenvalue weighted by atomic mass is 10.2. The molecule has 0 radical (unpaired) electrons. The van der Waals surface area contributed by atoms with Crippen LogP contribution in [0.2, 0.25) is 4.34 Å². The van der Waals surface area contributed by atoms with Crippen LogP contribution < -0.4 is 5.32 Å². The minimum absolute atomic E-state index is 0.796. The van der Waals surface area contributed by atoms with Gasteiger partial charge in [0, 0.05) is 23.4 Å². The first-order chi connectivity index (χ1) is 9.81. The van der Waals surface area contributed by atoms with Gasteiger partial charge in [-0.15, -0.1) is 11.3 Å². The Kier molecular flexibility index (Phi) is 4.31. The molecule has 0 aliphatic rings. The molecule has 102 valence electrons. The molecule has 2 nitrogen and oxygen atoms in total. The van der Waals surface area contributed by atoms with Crippen LogP contribution in [0.4, 0.5) is 0 Å². The molecule has 2 aromatic heterocycles. The molecule has 0 spiro atoms. The molecule has 0 unspecified atom stereocenters. The molecule has 0 aliphatic carbocycles. The molecule has 0 fully saturated rings. The summed E-state index contributed by atoms with van der Waals surface area (Å²) in [6.45, 7) is 1.73. The van der Waals surface area contributed by atoms with E-state index in [9.17, 15) is 0 Å². The van der Waals surface area contributed by atoms with Gasteiger partial charge in [0.15, 0.2) is 0 Å². The van der Waals surface area contributed by atoms with E-state index in [1.165, 1.54) is 10.3 Å². The third kappa shape index (κ3) is 3.37. The van der Waals surface area contributed by atoms with Crippen molar-refractivity contribution in [2.45, 2.75) is 13.0 Å². The van der Waals surface area contributed by atoms with Crippen molar-refractivity contribution in [1.82, 2.24) is 10.3 Å². The minimum Gasteiger partial charge on any atom is -0.311 e.